The minimum absolute atomic E-state index is 0.0625. The zero-order valence-corrected chi connectivity index (χ0v) is 23.8. The van der Waals surface area contributed by atoms with E-state index in [0.717, 1.165) is 68.5 Å². The molecule has 2 aromatic heterocycles. The lowest BCUT2D eigenvalue weighted by Gasteiger charge is -2.48. The normalized spacial score (nSPS) is 16.7. The Bertz CT molecular complexity index is 1330. The summed E-state index contributed by atoms with van der Waals surface area (Å²) in [5, 5.41) is 25.6. The number of methoxy groups -OCH3 is 1. The number of thiophene rings is 1. The van der Waals surface area contributed by atoms with Gasteiger partial charge in [0, 0.05) is 36.6 Å². The third-order valence-electron chi connectivity index (χ3n) is 6.76. The lowest BCUT2D eigenvalue weighted by Crippen LogP contribution is -2.55. The van der Waals surface area contributed by atoms with Crippen molar-refractivity contribution < 1.29 is 50.9 Å². The summed E-state index contributed by atoms with van der Waals surface area (Å²) in [5.41, 5.74) is 1.17. The molecule has 1 saturated heterocycles. The van der Waals surface area contributed by atoms with Crippen LogP contribution in [-0.4, -0.2) is 92.9 Å². The molecule has 10 nitrogen and oxygen atoms in total. The molecular weight excluding hydrogens is 608 g/mol. The summed E-state index contributed by atoms with van der Waals surface area (Å²) in [6.07, 6.45) is -7.92. The number of carboxylic acid groups (broad SMARTS) is 2. The molecule has 0 saturated carbocycles. The number of aliphatic carboxylic acids is 2. The number of nitrogens with zero attached hydrogens (tertiary/aromatic N) is 5. The van der Waals surface area contributed by atoms with Gasteiger partial charge in [0.2, 0.25) is 0 Å². The second kappa shape index (κ2) is 13.7. The third-order valence-corrected chi connectivity index (χ3v) is 7.62. The monoisotopic (exact) mass is 637 g/mol. The van der Waals surface area contributed by atoms with Crippen molar-refractivity contribution in [3.05, 3.63) is 52.5 Å². The number of benzene rings is 1. The number of likely N-dealkylation sites (N-methyl/N-ethyl adjacent to an activating group) is 1. The van der Waals surface area contributed by atoms with Crippen molar-refractivity contribution in [3.8, 4) is 17.1 Å². The maximum atomic E-state index is 10.6. The lowest BCUT2D eigenvalue weighted by atomic mass is 9.84. The molecule has 0 aliphatic carbocycles. The van der Waals surface area contributed by atoms with Crippen LogP contribution in [0.15, 0.2) is 41.8 Å². The standard InChI is InChI=1S/C22H27N5OS.2C2HF3O2/c1-25-15-20-23-24-21(17-5-7-18(28-2)8-6-17)27(20)22(16-25)9-11-26(12-10-22)14-19-4-3-13-29-19;2*3-2(4,5)1(6)7/h3-8,13H,9-12,14-16H2,1-2H3;2*(H,6,7). The van der Waals surface area contributed by atoms with Crippen LogP contribution in [0.1, 0.15) is 23.5 Å². The van der Waals surface area contributed by atoms with E-state index in [1.807, 2.05) is 23.5 Å². The van der Waals surface area contributed by atoms with Gasteiger partial charge in [-0.05, 0) is 55.6 Å². The molecule has 0 atom stereocenters. The number of alkyl halides is 6. The molecule has 2 aliphatic rings. The molecule has 0 unspecified atom stereocenters. The Morgan fingerprint density at radius 1 is 0.977 bits per heavy atom. The number of carboxylic acids is 2. The summed E-state index contributed by atoms with van der Waals surface area (Å²) in [6.45, 7) is 5.17. The topological polar surface area (TPSA) is 121 Å². The van der Waals surface area contributed by atoms with E-state index in [2.05, 4.69) is 61.3 Å². The highest BCUT2D eigenvalue weighted by molar-refractivity contribution is 7.09. The summed E-state index contributed by atoms with van der Waals surface area (Å²) in [7, 11) is 3.90. The molecule has 0 radical (unpaired) electrons. The van der Waals surface area contributed by atoms with Gasteiger partial charge < -0.3 is 19.5 Å². The van der Waals surface area contributed by atoms with Gasteiger partial charge in [-0.25, -0.2) is 9.59 Å². The number of halogens is 6. The molecule has 3 aromatic rings. The molecule has 17 heteroatoms. The van der Waals surface area contributed by atoms with Gasteiger partial charge in [-0.2, -0.15) is 26.3 Å². The highest BCUT2D eigenvalue weighted by atomic mass is 32.1. The van der Waals surface area contributed by atoms with Crippen molar-refractivity contribution in [2.24, 2.45) is 0 Å². The second-order valence-electron chi connectivity index (χ2n) is 9.86. The maximum absolute atomic E-state index is 10.6. The van der Waals surface area contributed by atoms with Crippen molar-refractivity contribution in [1.82, 2.24) is 24.6 Å². The second-order valence-corrected chi connectivity index (χ2v) is 10.9. The predicted octanol–water partition coefficient (Wildman–Crippen LogP) is 4.72. The number of hydrogen-bond acceptors (Lipinski definition) is 8. The zero-order chi connectivity index (χ0) is 32.0. The SMILES string of the molecule is COc1ccc(-c2nnc3n2C2(CCN(Cc4cccs4)CC2)CN(C)C3)cc1.O=C(O)C(F)(F)F.O=C(O)C(F)(F)F. The number of carbonyl (C=O) groups is 2. The fraction of sp³-hybridized carbons (Fsp3) is 0.462. The molecule has 43 heavy (non-hydrogen) atoms. The fourth-order valence-electron chi connectivity index (χ4n) is 4.85. The molecular formula is C26H29F6N5O5S. The molecule has 1 spiro atoms. The van der Waals surface area contributed by atoms with E-state index < -0.39 is 24.3 Å². The van der Waals surface area contributed by atoms with Gasteiger partial charge in [0.1, 0.15) is 11.6 Å². The molecule has 5 rings (SSSR count). The molecule has 236 valence electrons. The third kappa shape index (κ3) is 8.90. The Balaban J connectivity index is 0.000000303. The van der Waals surface area contributed by atoms with Crippen molar-refractivity contribution >= 4 is 23.3 Å². The van der Waals surface area contributed by atoms with Crippen LogP contribution < -0.4 is 4.74 Å². The van der Waals surface area contributed by atoms with Crippen molar-refractivity contribution in [3.63, 3.8) is 0 Å². The number of ether oxygens (including phenoxy) is 1. The molecule has 0 amide bonds. The molecule has 1 fully saturated rings. The van der Waals surface area contributed by atoms with E-state index in [-0.39, 0.29) is 5.54 Å². The van der Waals surface area contributed by atoms with Crippen LogP contribution in [0.4, 0.5) is 26.3 Å². The smallest absolute Gasteiger partial charge is 0.490 e. The average Bonchev–Trinajstić information content (AvgIpc) is 3.60. The molecule has 1 aromatic carbocycles. The summed E-state index contributed by atoms with van der Waals surface area (Å²) in [4.78, 5) is 24.2. The van der Waals surface area contributed by atoms with Gasteiger partial charge in [-0.3, -0.25) is 9.80 Å². The van der Waals surface area contributed by atoms with Gasteiger partial charge >= 0.3 is 24.3 Å². The molecule has 2 aliphatic heterocycles. The van der Waals surface area contributed by atoms with Gasteiger partial charge in [0.25, 0.3) is 0 Å². The Labute approximate surface area is 246 Å². The Kier molecular flexibility index (Phi) is 10.8. The van der Waals surface area contributed by atoms with E-state index >= 15 is 0 Å². The summed E-state index contributed by atoms with van der Waals surface area (Å²) >= 11 is 1.85. The lowest BCUT2D eigenvalue weighted by molar-refractivity contribution is -0.193. The minimum Gasteiger partial charge on any atom is -0.497 e. The Morgan fingerprint density at radius 2 is 1.53 bits per heavy atom. The Hall–Kier alpha value is -3.70. The molecule has 4 heterocycles. The number of piperidine rings is 1. The van der Waals surface area contributed by atoms with Crippen LogP contribution in [0.5, 0.6) is 5.75 Å². The van der Waals surface area contributed by atoms with Gasteiger partial charge in [-0.1, -0.05) is 6.07 Å². The highest BCUT2D eigenvalue weighted by Crippen LogP contribution is 2.39. The van der Waals surface area contributed by atoms with Crippen molar-refractivity contribution in [2.45, 2.75) is 43.8 Å². The van der Waals surface area contributed by atoms with Crippen LogP contribution in [-0.2, 0) is 28.2 Å². The fourth-order valence-corrected chi connectivity index (χ4v) is 5.59. The van der Waals surface area contributed by atoms with Crippen LogP contribution in [0.3, 0.4) is 0 Å². The van der Waals surface area contributed by atoms with Crippen molar-refractivity contribution in [1.29, 1.82) is 0 Å². The number of aromatic nitrogens is 3. The zero-order valence-electron chi connectivity index (χ0n) is 23.0. The summed E-state index contributed by atoms with van der Waals surface area (Å²) in [5.74, 6) is -2.58. The average molecular weight is 638 g/mol. The van der Waals surface area contributed by atoms with Crippen molar-refractivity contribution in [2.75, 3.05) is 33.8 Å². The van der Waals surface area contributed by atoms with Crippen LogP contribution >= 0.6 is 11.3 Å². The minimum atomic E-state index is -5.08. The number of fused-ring (bicyclic) bond motifs is 2. The van der Waals surface area contributed by atoms with E-state index in [0.29, 0.717) is 0 Å². The van der Waals surface area contributed by atoms with Crippen LogP contribution in [0.2, 0.25) is 0 Å². The van der Waals surface area contributed by atoms with Crippen LogP contribution in [0, 0.1) is 0 Å². The quantitative estimate of drug-likeness (QED) is 0.392. The highest BCUT2D eigenvalue weighted by Gasteiger charge is 2.43. The molecule has 0 bridgehead atoms. The largest absolute Gasteiger partial charge is 0.497 e. The number of rotatable bonds is 4. The first-order valence-electron chi connectivity index (χ1n) is 12.7. The van der Waals surface area contributed by atoms with E-state index in [1.165, 1.54) is 4.88 Å². The maximum Gasteiger partial charge on any atom is 0.490 e. The first-order valence-corrected chi connectivity index (χ1v) is 13.6. The predicted molar refractivity (Wildman–Crippen MR) is 143 cm³/mol. The van der Waals surface area contributed by atoms with Crippen LogP contribution in [0.25, 0.3) is 11.4 Å². The summed E-state index contributed by atoms with van der Waals surface area (Å²) in [6, 6.07) is 12.6. The molecule has 2 N–H and O–H groups in total. The number of likely N-dealkylation sites (tertiary alicyclic amines) is 1. The summed E-state index contributed by atoms with van der Waals surface area (Å²) < 4.78 is 71.3. The van der Waals surface area contributed by atoms with Gasteiger partial charge in [0.15, 0.2) is 5.82 Å². The van der Waals surface area contributed by atoms with E-state index in [1.54, 1.807) is 7.11 Å². The first-order chi connectivity index (χ1) is 20.1. The number of hydrogen-bond donors (Lipinski definition) is 2. The van der Waals surface area contributed by atoms with Gasteiger partial charge in [-0.15, -0.1) is 21.5 Å². The van der Waals surface area contributed by atoms with Gasteiger partial charge in [0.05, 0.1) is 19.2 Å². The van der Waals surface area contributed by atoms with E-state index in [4.69, 9.17) is 24.5 Å². The first kappa shape index (κ1) is 33.8. The Morgan fingerprint density at radius 3 is 2.00 bits per heavy atom. The van der Waals surface area contributed by atoms with E-state index in [9.17, 15) is 26.3 Å².